The molecule has 0 radical (unpaired) electrons. The second-order valence-electron chi connectivity index (χ2n) is 5.17. The zero-order valence-electron chi connectivity index (χ0n) is 10.3. The van der Waals surface area contributed by atoms with Crippen LogP contribution in [0.25, 0.3) is 0 Å². The highest BCUT2D eigenvalue weighted by molar-refractivity contribution is 7.91. The fourth-order valence-corrected chi connectivity index (χ4v) is 2.73. The average molecular weight is 270 g/mol. The van der Waals surface area contributed by atoms with Crippen LogP contribution in [0.1, 0.15) is 38.3 Å². The molecule has 92 valence electrons. The van der Waals surface area contributed by atoms with Crippen molar-refractivity contribution in [2.45, 2.75) is 38.4 Å². The number of hydrogen-bond donors (Lipinski definition) is 0. The van der Waals surface area contributed by atoms with Gasteiger partial charge < -0.3 is 4.55 Å². The molecule has 1 atom stereocenters. The third kappa shape index (κ3) is 2.67. The van der Waals surface area contributed by atoms with Gasteiger partial charge in [0.25, 0.3) is 0 Å². The van der Waals surface area contributed by atoms with E-state index in [0.717, 1.165) is 34.7 Å². The zero-order valence-corrected chi connectivity index (χ0v) is 11.9. The number of benzene rings is 1. The Bertz CT molecular complexity index is 465. The Morgan fingerprint density at radius 3 is 2.65 bits per heavy atom. The minimum atomic E-state index is -1.20. The lowest BCUT2D eigenvalue weighted by molar-refractivity contribution is 0.561. The van der Waals surface area contributed by atoms with Crippen LogP contribution in [0.15, 0.2) is 22.6 Å². The summed E-state index contributed by atoms with van der Waals surface area (Å²) in [4.78, 5) is 0. The average Bonchev–Trinajstić information content (AvgIpc) is 2.62. The van der Waals surface area contributed by atoms with Gasteiger partial charge in [0.2, 0.25) is 0 Å². The first-order valence-corrected chi connectivity index (χ1v) is 7.15. The molecule has 1 aromatic carbocycles. The predicted octanol–water partition coefficient (Wildman–Crippen LogP) is 3.54. The molecule has 0 bridgehead atoms. The van der Waals surface area contributed by atoms with E-state index >= 15 is 0 Å². The summed E-state index contributed by atoms with van der Waals surface area (Å²) in [7, 11) is 0. The molecule has 0 spiro atoms. The first-order valence-electron chi connectivity index (χ1n) is 5.67. The Hall–Kier alpha value is -0.510. The van der Waals surface area contributed by atoms with Crippen LogP contribution in [-0.4, -0.2) is 15.0 Å². The molecule has 2 nitrogen and oxygen atoms in total. The third-order valence-electron chi connectivity index (χ3n) is 2.76. The maximum Gasteiger partial charge on any atom is 0.144 e. The van der Waals surface area contributed by atoms with E-state index in [9.17, 15) is 4.55 Å². The van der Waals surface area contributed by atoms with Gasteiger partial charge >= 0.3 is 0 Å². The molecule has 0 amide bonds. The third-order valence-corrected chi connectivity index (χ3v) is 4.55. The molecular formula is C13H16ClNOS. The molecule has 1 aromatic rings. The molecule has 0 fully saturated rings. The summed E-state index contributed by atoms with van der Waals surface area (Å²) in [6.07, 6.45) is 1.73. The van der Waals surface area contributed by atoms with Crippen molar-refractivity contribution >= 4 is 28.7 Å². The molecule has 1 aliphatic carbocycles. The van der Waals surface area contributed by atoms with E-state index in [-0.39, 0.29) is 4.75 Å². The van der Waals surface area contributed by atoms with Crippen LogP contribution < -0.4 is 0 Å². The van der Waals surface area contributed by atoms with Gasteiger partial charge in [-0.25, -0.2) is 0 Å². The van der Waals surface area contributed by atoms with Gasteiger partial charge in [0.05, 0.1) is 5.71 Å². The molecule has 4 heteroatoms. The van der Waals surface area contributed by atoms with Gasteiger partial charge in [-0.1, -0.05) is 28.1 Å². The van der Waals surface area contributed by atoms with Crippen LogP contribution in [0, 0.1) is 0 Å². The number of fused-ring (bicyclic) bond motifs is 1. The van der Waals surface area contributed by atoms with Crippen molar-refractivity contribution in [3.8, 4) is 0 Å². The van der Waals surface area contributed by atoms with Crippen molar-refractivity contribution in [1.29, 1.82) is 0 Å². The summed E-state index contributed by atoms with van der Waals surface area (Å²) in [6.45, 7) is 5.79. The quantitative estimate of drug-likeness (QED) is 0.718. The highest BCUT2D eigenvalue weighted by Crippen LogP contribution is 2.30. The molecule has 0 N–H and O–H groups in total. The predicted molar refractivity (Wildman–Crippen MR) is 74.2 cm³/mol. The Labute approximate surface area is 110 Å². The van der Waals surface area contributed by atoms with Crippen molar-refractivity contribution < 1.29 is 4.55 Å². The number of hydrogen-bond acceptors (Lipinski definition) is 2. The van der Waals surface area contributed by atoms with Gasteiger partial charge in [0.1, 0.15) is 16.1 Å². The molecule has 17 heavy (non-hydrogen) atoms. The van der Waals surface area contributed by atoms with E-state index in [1.807, 2.05) is 39.0 Å². The summed E-state index contributed by atoms with van der Waals surface area (Å²) in [6, 6.07) is 5.82. The van der Waals surface area contributed by atoms with Crippen LogP contribution in [0.5, 0.6) is 0 Å². The summed E-state index contributed by atoms with van der Waals surface area (Å²) in [5.41, 5.74) is 3.13. The molecule has 0 saturated carbocycles. The Balaban J connectivity index is 2.34. The summed E-state index contributed by atoms with van der Waals surface area (Å²) in [5.74, 6) is 0. The van der Waals surface area contributed by atoms with Crippen molar-refractivity contribution in [2.24, 2.45) is 4.40 Å². The van der Waals surface area contributed by atoms with Crippen LogP contribution >= 0.6 is 11.6 Å². The smallest absolute Gasteiger partial charge is 0.144 e. The minimum absolute atomic E-state index is 0.311. The highest BCUT2D eigenvalue weighted by Gasteiger charge is 2.29. The van der Waals surface area contributed by atoms with Crippen LogP contribution in [-0.2, 0) is 17.8 Å². The SMILES string of the molecule is CC(C)(C)[S@@+]([O-])N=C1CCc2c(Cl)cccc21. The number of rotatable bonds is 1. The molecule has 0 aliphatic heterocycles. The van der Waals surface area contributed by atoms with Crippen molar-refractivity contribution in [3.05, 3.63) is 34.3 Å². The van der Waals surface area contributed by atoms with Crippen molar-refractivity contribution in [3.63, 3.8) is 0 Å². The maximum absolute atomic E-state index is 12.0. The van der Waals surface area contributed by atoms with E-state index < -0.39 is 11.4 Å². The van der Waals surface area contributed by atoms with E-state index in [0.29, 0.717) is 0 Å². The van der Waals surface area contributed by atoms with E-state index in [2.05, 4.69) is 4.40 Å². The molecule has 2 rings (SSSR count). The largest absolute Gasteiger partial charge is 0.591 e. The first-order chi connectivity index (χ1) is 7.89. The number of halogens is 1. The fraction of sp³-hybridized carbons (Fsp3) is 0.462. The molecule has 0 heterocycles. The minimum Gasteiger partial charge on any atom is -0.591 e. The van der Waals surface area contributed by atoms with Crippen LogP contribution in [0.2, 0.25) is 5.02 Å². The topological polar surface area (TPSA) is 35.4 Å². The van der Waals surface area contributed by atoms with Gasteiger partial charge in [0, 0.05) is 10.6 Å². The highest BCUT2D eigenvalue weighted by atomic mass is 35.5. The summed E-state index contributed by atoms with van der Waals surface area (Å²) < 4.78 is 16.1. The lowest BCUT2D eigenvalue weighted by atomic mass is 10.1. The second kappa shape index (κ2) is 4.63. The number of nitrogens with zero attached hydrogens (tertiary/aromatic N) is 1. The second-order valence-corrected chi connectivity index (χ2v) is 7.48. The van der Waals surface area contributed by atoms with Gasteiger partial charge in [-0.3, -0.25) is 0 Å². The van der Waals surface area contributed by atoms with Crippen molar-refractivity contribution in [2.75, 3.05) is 0 Å². The van der Waals surface area contributed by atoms with Crippen LogP contribution in [0.4, 0.5) is 0 Å². The van der Waals surface area contributed by atoms with Gasteiger partial charge in [0.15, 0.2) is 0 Å². The van der Waals surface area contributed by atoms with Crippen molar-refractivity contribution in [1.82, 2.24) is 0 Å². The monoisotopic (exact) mass is 269 g/mol. The standard InChI is InChI=1S/C13H16ClNOS/c1-13(2,3)17(16)15-12-8-7-9-10(12)5-4-6-11(9)14/h4-6H,7-8H2,1-3H3/t17-/m1/s1. The molecular weight excluding hydrogens is 254 g/mol. The normalized spacial score (nSPS) is 19.5. The fourth-order valence-electron chi connectivity index (χ4n) is 1.79. The van der Waals surface area contributed by atoms with Crippen LogP contribution in [0.3, 0.4) is 0 Å². The van der Waals surface area contributed by atoms with Gasteiger partial charge in [-0.2, -0.15) is 0 Å². The Kier molecular flexibility index (Phi) is 3.53. The van der Waals surface area contributed by atoms with Gasteiger partial charge in [-0.15, -0.1) is 0 Å². The zero-order chi connectivity index (χ0) is 12.6. The van der Waals surface area contributed by atoms with E-state index in [1.54, 1.807) is 0 Å². The Morgan fingerprint density at radius 1 is 1.29 bits per heavy atom. The first kappa shape index (κ1) is 12.9. The molecule has 0 unspecified atom stereocenters. The molecule has 1 aliphatic rings. The molecule has 0 saturated heterocycles. The lowest BCUT2D eigenvalue weighted by Gasteiger charge is -2.18. The lowest BCUT2D eigenvalue weighted by Crippen LogP contribution is -2.26. The van der Waals surface area contributed by atoms with Gasteiger partial charge in [-0.05, 0) is 45.2 Å². The van der Waals surface area contributed by atoms with E-state index in [1.165, 1.54) is 0 Å². The summed E-state index contributed by atoms with van der Waals surface area (Å²) in [5, 5.41) is 0.786. The van der Waals surface area contributed by atoms with E-state index in [4.69, 9.17) is 11.6 Å². The summed E-state index contributed by atoms with van der Waals surface area (Å²) >= 11 is 4.93. The maximum atomic E-state index is 12.0. The molecule has 0 aromatic heterocycles. The Morgan fingerprint density at radius 2 is 2.00 bits per heavy atom.